The van der Waals surface area contributed by atoms with Gasteiger partial charge in [0.25, 0.3) is 0 Å². The van der Waals surface area contributed by atoms with E-state index in [2.05, 4.69) is 0 Å². The van der Waals surface area contributed by atoms with Crippen LogP contribution in [0.5, 0.6) is 0 Å². The zero-order valence-electron chi connectivity index (χ0n) is 12.0. The molecule has 2 N–H and O–H groups in total. The number of nitrogens with zero attached hydrogens (tertiary/aromatic N) is 2. The molecule has 22 heavy (non-hydrogen) atoms. The monoisotopic (exact) mass is 341 g/mol. The summed E-state index contributed by atoms with van der Waals surface area (Å²) in [6.07, 6.45) is 1.04. The highest BCUT2D eigenvalue weighted by Gasteiger charge is 2.38. The molecule has 1 unspecified atom stereocenters. The van der Waals surface area contributed by atoms with Gasteiger partial charge in [-0.3, -0.25) is 9.59 Å². The topological polar surface area (TPSA) is 66.6 Å². The van der Waals surface area contributed by atoms with Crippen LogP contribution in [0.3, 0.4) is 0 Å². The van der Waals surface area contributed by atoms with Gasteiger partial charge >= 0.3 is 0 Å². The summed E-state index contributed by atoms with van der Waals surface area (Å²) in [5.41, 5.74) is 6.48. The van der Waals surface area contributed by atoms with Crippen molar-refractivity contribution in [3.05, 3.63) is 28.2 Å². The molecule has 2 aliphatic rings. The highest BCUT2D eigenvalue weighted by molar-refractivity contribution is 6.35. The highest BCUT2D eigenvalue weighted by Crippen LogP contribution is 2.31. The molecule has 0 saturated carbocycles. The molecule has 2 aliphatic heterocycles. The van der Waals surface area contributed by atoms with Gasteiger partial charge < -0.3 is 15.5 Å². The molecule has 1 aromatic carbocycles. The number of amides is 2. The van der Waals surface area contributed by atoms with Crippen molar-refractivity contribution in [2.24, 2.45) is 11.7 Å². The predicted molar refractivity (Wildman–Crippen MR) is 86.1 cm³/mol. The predicted octanol–water partition coefficient (Wildman–Crippen LogP) is 1.91. The number of benzene rings is 1. The molecular weight excluding hydrogens is 325 g/mol. The number of hydrogen-bond donors (Lipinski definition) is 1. The molecule has 2 amide bonds. The van der Waals surface area contributed by atoms with Crippen LogP contribution < -0.4 is 10.6 Å². The lowest BCUT2D eigenvalue weighted by atomic mass is 10.1. The number of rotatable bonds is 2. The van der Waals surface area contributed by atoms with Gasteiger partial charge in [0.2, 0.25) is 11.8 Å². The molecule has 0 radical (unpaired) electrons. The molecule has 0 spiro atoms. The molecule has 0 bridgehead atoms. The molecule has 0 aromatic heterocycles. The fourth-order valence-electron chi connectivity index (χ4n) is 3.06. The van der Waals surface area contributed by atoms with Crippen molar-refractivity contribution >= 4 is 40.7 Å². The van der Waals surface area contributed by atoms with Gasteiger partial charge in [-0.05, 0) is 24.6 Å². The van der Waals surface area contributed by atoms with E-state index in [-0.39, 0.29) is 30.2 Å². The molecule has 2 saturated heterocycles. The smallest absolute Gasteiger partial charge is 0.228 e. The van der Waals surface area contributed by atoms with Crippen LogP contribution >= 0.6 is 23.2 Å². The van der Waals surface area contributed by atoms with Crippen molar-refractivity contribution in [2.75, 3.05) is 24.5 Å². The number of carbonyl (C=O) groups is 2. The molecule has 2 fully saturated rings. The molecule has 5 nitrogen and oxygen atoms in total. The molecule has 2 heterocycles. The Labute approximate surface area is 138 Å². The third-order valence-electron chi connectivity index (χ3n) is 4.17. The van der Waals surface area contributed by atoms with Crippen molar-refractivity contribution in [1.82, 2.24) is 4.90 Å². The number of carbonyl (C=O) groups excluding carboxylic acids is 2. The van der Waals surface area contributed by atoms with E-state index in [1.807, 2.05) is 0 Å². The second-order valence-electron chi connectivity index (χ2n) is 5.87. The zero-order chi connectivity index (χ0) is 15.9. The van der Waals surface area contributed by atoms with E-state index in [0.717, 1.165) is 6.42 Å². The third-order valence-corrected chi connectivity index (χ3v) is 4.61. The van der Waals surface area contributed by atoms with Gasteiger partial charge in [0, 0.05) is 47.8 Å². The summed E-state index contributed by atoms with van der Waals surface area (Å²) in [5, 5.41) is 0.936. The first kappa shape index (κ1) is 15.6. The maximum Gasteiger partial charge on any atom is 0.228 e. The van der Waals surface area contributed by atoms with Crippen LogP contribution in [0.2, 0.25) is 10.0 Å². The van der Waals surface area contributed by atoms with Crippen LogP contribution in [0.25, 0.3) is 0 Å². The van der Waals surface area contributed by atoms with Crippen LogP contribution in [0.15, 0.2) is 18.2 Å². The molecule has 3 rings (SSSR count). The summed E-state index contributed by atoms with van der Waals surface area (Å²) in [6.45, 7) is 1.61. The first-order valence-electron chi connectivity index (χ1n) is 7.25. The van der Waals surface area contributed by atoms with Crippen LogP contribution in [0.4, 0.5) is 5.69 Å². The lowest BCUT2D eigenvalue weighted by Crippen LogP contribution is -2.37. The van der Waals surface area contributed by atoms with Crippen LogP contribution in [0, 0.1) is 5.92 Å². The summed E-state index contributed by atoms with van der Waals surface area (Å²) in [7, 11) is 0. The summed E-state index contributed by atoms with van der Waals surface area (Å²) in [5.74, 6) is -0.396. The highest BCUT2D eigenvalue weighted by atomic mass is 35.5. The lowest BCUT2D eigenvalue weighted by molar-refractivity contribution is -0.134. The van der Waals surface area contributed by atoms with Crippen molar-refractivity contribution in [3.8, 4) is 0 Å². The molecule has 7 heteroatoms. The first-order chi connectivity index (χ1) is 10.4. The van der Waals surface area contributed by atoms with Crippen LogP contribution in [-0.4, -0.2) is 42.4 Å². The summed E-state index contributed by atoms with van der Waals surface area (Å²) in [6, 6.07) is 5.03. The summed E-state index contributed by atoms with van der Waals surface area (Å²) < 4.78 is 0. The fraction of sp³-hybridized carbons (Fsp3) is 0.467. The van der Waals surface area contributed by atoms with Gasteiger partial charge in [-0.1, -0.05) is 23.2 Å². The SMILES string of the molecule is N[C@@H]1CCN(C(=O)C2CC(=O)N(c3cc(Cl)cc(Cl)c3)C2)C1. The minimum absolute atomic E-state index is 0.0110. The Morgan fingerprint density at radius 1 is 1.18 bits per heavy atom. The number of halogens is 2. The average Bonchev–Trinajstić information content (AvgIpc) is 3.03. The van der Waals surface area contributed by atoms with E-state index >= 15 is 0 Å². The third kappa shape index (κ3) is 3.07. The largest absolute Gasteiger partial charge is 0.341 e. The number of hydrogen-bond acceptors (Lipinski definition) is 3. The maximum atomic E-state index is 12.5. The van der Waals surface area contributed by atoms with Gasteiger partial charge in [0.15, 0.2) is 0 Å². The first-order valence-corrected chi connectivity index (χ1v) is 8.00. The Balaban J connectivity index is 1.74. The average molecular weight is 342 g/mol. The molecule has 2 atom stereocenters. The van der Waals surface area contributed by atoms with E-state index in [1.165, 1.54) is 0 Å². The molecule has 118 valence electrons. The van der Waals surface area contributed by atoms with Gasteiger partial charge in [-0.15, -0.1) is 0 Å². The molecule has 0 aliphatic carbocycles. The number of anilines is 1. The van der Waals surface area contributed by atoms with Crippen molar-refractivity contribution in [3.63, 3.8) is 0 Å². The van der Waals surface area contributed by atoms with Gasteiger partial charge in [0.05, 0.1) is 5.92 Å². The number of likely N-dealkylation sites (tertiary alicyclic amines) is 1. The van der Waals surface area contributed by atoms with Crippen molar-refractivity contribution < 1.29 is 9.59 Å². The van der Waals surface area contributed by atoms with E-state index in [4.69, 9.17) is 28.9 Å². The van der Waals surface area contributed by atoms with Gasteiger partial charge in [-0.2, -0.15) is 0 Å². The minimum atomic E-state index is -0.324. The van der Waals surface area contributed by atoms with Gasteiger partial charge in [0.1, 0.15) is 0 Å². The van der Waals surface area contributed by atoms with Crippen molar-refractivity contribution in [1.29, 1.82) is 0 Å². The number of nitrogens with two attached hydrogens (primary N) is 1. The Hall–Kier alpha value is -1.30. The fourth-order valence-corrected chi connectivity index (χ4v) is 3.58. The summed E-state index contributed by atoms with van der Waals surface area (Å²) >= 11 is 12.0. The Morgan fingerprint density at radius 2 is 1.86 bits per heavy atom. The van der Waals surface area contributed by atoms with E-state index in [1.54, 1.807) is 28.0 Å². The zero-order valence-corrected chi connectivity index (χ0v) is 13.5. The Morgan fingerprint density at radius 3 is 2.45 bits per heavy atom. The maximum absolute atomic E-state index is 12.5. The minimum Gasteiger partial charge on any atom is -0.341 e. The van der Waals surface area contributed by atoms with E-state index in [0.29, 0.717) is 35.4 Å². The Kier molecular flexibility index (Phi) is 4.30. The molecule has 1 aromatic rings. The van der Waals surface area contributed by atoms with Crippen molar-refractivity contribution in [2.45, 2.75) is 18.9 Å². The second-order valence-corrected chi connectivity index (χ2v) is 6.74. The van der Waals surface area contributed by atoms with E-state index in [9.17, 15) is 9.59 Å². The summed E-state index contributed by atoms with van der Waals surface area (Å²) in [4.78, 5) is 28.1. The standard InChI is InChI=1S/C15H17Cl2N3O2/c16-10-4-11(17)6-13(5-10)20-7-9(3-14(20)21)15(22)19-2-1-12(18)8-19/h4-6,9,12H,1-3,7-8,18H2/t9?,12-/m1/s1. The lowest BCUT2D eigenvalue weighted by Gasteiger charge is -2.21. The quantitative estimate of drug-likeness (QED) is 0.893. The Bertz CT molecular complexity index is 603. The second kappa shape index (κ2) is 6.07. The van der Waals surface area contributed by atoms with Gasteiger partial charge in [-0.25, -0.2) is 0 Å². The van der Waals surface area contributed by atoms with E-state index < -0.39 is 0 Å². The molecular formula is C15H17Cl2N3O2. The normalized spacial score (nSPS) is 25.1. The van der Waals surface area contributed by atoms with Crippen LogP contribution in [-0.2, 0) is 9.59 Å². The van der Waals surface area contributed by atoms with Crippen LogP contribution in [0.1, 0.15) is 12.8 Å².